The number of rotatable bonds is 4. The molecule has 1 aliphatic heterocycles. The van der Waals surface area contributed by atoms with Gasteiger partial charge in [0.05, 0.1) is 22.7 Å². The highest BCUT2D eigenvalue weighted by Crippen LogP contribution is 2.43. The third-order valence-electron chi connectivity index (χ3n) is 5.20. The third kappa shape index (κ3) is 3.48. The Morgan fingerprint density at radius 3 is 2.67 bits per heavy atom. The minimum Gasteiger partial charge on any atom is -0.305 e. The summed E-state index contributed by atoms with van der Waals surface area (Å²) in [5.74, 6) is 1.18. The van der Waals surface area contributed by atoms with Crippen LogP contribution in [-0.2, 0) is 11.8 Å². The quantitative estimate of drug-likeness (QED) is 0.565. The van der Waals surface area contributed by atoms with Crippen molar-refractivity contribution in [2.45, 2.75) is 21.3 Å². The normalized spacial score (nSPS) is 19.4. The van der Waals surface area contributed by atoms with Crippen molar-refractivity contribution < 1.29 is 4.79 Å². The summed E-state index contributed by atoms with van der Waals surface area (Å²) in [5, 5.41) is 9.60. The van der Waals surface area contributed by atoms with Gasteiger partial charge in [-0.3, -0.25) is 4.79 Å². The van der Waals surface area contributed by atoms with Gasteiger partial charge in [-0.1, -0.05) is 78.5 Å². The molecule has 2 heterocycles. The molecular formula is C23H20N4OS2. The lowest BCUT2D eigenvalue weighted by atomic mass is 10.0. The molecule has 30 heavy (non-hydrogen) atoms. The first-order valence-electron chi connectivity index (χ1n) is 9.73. The minimum absolute atomic E-state index is 0.0300. The fraction of sp³-hybridized carbons (Fsp3) is 0.174. The van der Waals surface area contributed by atoms with Crippen molar-refractivity contribution in [3.05, 3.63) is 78.9 Å². The number of hydrogen-bond donors (Lipinski definition) is 0. The van der Waals surface area contributed by atoms with Gasteiger partial charge in [0.25, 0.3) is 0 Å². The van der Waals surface area contributed by atoms with Crippen molar-refractivity contribution in [1.82, 2.24) is 14.8 Å². The van der Waals surface area contributed by atoms with Gasteiger partial charge in [0.2, 0.25) is 5.91 Å². The van der Waals surface area contributed by atoms with E-state index < -0.39 is 0 Å². The first kappa shape index (κ1) is 19.2. The van der Waals surface area contributed by atoms with Gasteiger partial charge in [-0.15, -0.1) is 22.0 Å². The zero-order valence-corrected chi connectivity index (χ0v) is 18.0. The molecule has 1 amide bonds. The lowest BCUT2D eigenvalue weighted by molar-refractivity contribution is -0.116. The summed E-state index contributed by atoms with van der Waals surface area (Å²) in [6, 6.07) is 18.1. The predicted octanol–water partition coefficient (Wildman–Crippen LogP) is 4.58. The molecular weight excluding hydrogens is 412 g/mol. The Bertz CT molecular complexity index is 1140. The summed E-state index contributed by atoms with van der Waals surface area (Å²) in [5.41, 5.74) is 1.99. The van der Waals surface area contributed by atoms with Crippen LogP contribution in [0.15, 0.2) is 89.0 Å². The number of fused-ring (bicyclic) bond motifs is 2. The van der Waals surface area contributed by atoms with Crippen LogP contribution in [0.2, 0.25) is 0 Å². The van der Waals surface area contributed by atoms with Crippen molar-refractivity contribution in [3.8, 4) is 11.4 Å². The Morgan fingerprint density at radius 1 is 1.03 bits per heavy atom. The highest BCUT2D eigenvalue weighted by atomic mass is 32.2. The number of carbonyl (C=O) groups is 1. The van der Waals surface area contributed by atoms with E-state index in [4.69, 9.17) is 0 Å². The molecule has 2 aliphatic rings. The number of para-hydroxylation sites is 1. The maximum absolute atomic E-state index is 13.4. The standard InChI is InChI=1S/C23H20N4OS2/c1-26-22(16-9-3-2-4-10-16)24-25-23(26)29-15-21(28)27-17-11-5-7-13-19(17)30-20-14-8-6-12-18(20)27/h2-14,17,19H,15H2,1H3. The summed E-state index contributed by atoms with van der Waals surface area (Å²) < 4.78 is 1.94. The molecule has 1 aliphatic carbocycles. The van der Waals surface area contributed by atoms with Crippen LogP contribution in [0.25, 0.3) is 11.4 Å². The van der Waals surface area contributed by atoms with Gasteiger partial charge in [-0.05, 0) is 12.1 Å². The maximum Gasteiger partial charge on any atom is 0.238 e. The number of amides is 1. The van der Waals surface area contributed by atoms with Gasteiger partial charge in [0, 0.05) is 17.5 Å². The average Bonchev–Trinajstić information content (AvgIpc) is 3.16. The topological polar surface area (TPSA) is 51.0 Å². The third-order valence-corrected chi connectivity index (χ3v) is 7.52. The fourth-order valence-corrected chi connectivity index (χ4v) is 5.78. The molecule has 150 valence electrons. The van der Waals surface area contributed by atoms with Crippen LogP contribution in [0.3, 0.4) is 0 Å². The van der Waals surface area contributed by atoms with Crippen LogP contribution < -0.4 is 4.90 Å². The van der Waals surface area contributed by atoms with Crippen molar-refractivity contribution in [3.63, 3.8) is 0 Å². The van der Waals surface area contributed by atoms with Crippen LogP contribution in [0.5, 0.6) is 0 Å². The van der Waals surface area contributed by atoms with Gasteiger partial charge in [0.15, 0.2) is 11.0 Å². The zero-order chi connectivity index (χ0) is 20.5. The second kappa shape index (κ2) is 8.16. The summed E-state index contributed by atoms with van der Waals surface area (Å²) in [6.45, 7) is 0. The molecule has 0 spiro atoms. The first-order chi connectivity index (χ1) is 14.7. The number of nitrogens with zero attached hydrogens (tertiary/aromatic N) is 4. The predicted molar refractivity (Wildman–Crippen MR) is 123 cm³/mol. The molecule has 5 rings (SSSR count). The largest absolute Gasteiger partial charge is 0.305 e. The van der Waals surface area contributed by atoms with E-state index in [-0.39, 0.29) is 17.2 Å². The van der Waals surface area contributed by atoms with Gasteiger partial charge in [-0.25, -0.2) is 0 Å². The van der Waals surface area contributed by atoms with E-state index in [0.29, 0.717) is 5.75 Å². The van der Waals surface area contributed by atoms with E-state index in [0.717, 1.165) is 27.1 Å². The molecule has 1 aromatic heterocycles. The number of allylic oxidation sites excluding steroid dienone is 2. The number of carbonyl (C=O) groups excluding carboxylic acids is 1. The minimum atomic E-state index is 0.0300. The summed E-state index contributed by atoms with van der Waals surface area (Å²) in [6.07, 6.45) is 8.38. The molecule has 5 nitrogen and oxygen atoms in total. The monoisotopic (exact) mass is 432 g/mol. The van der Waals surface area contributed by atoms with Crippen molar-refractivity contribution in [2.75, 3.05) is 10.7 Å². The molecule has 7 heteroatoms. The number of benzene rings is 2. The Balaban J connectivity index is 1.37. The lowest BCUT2D eigenvalue weighted by Crippen LogP contribution is -2.48. The molecule has 0 saturated heterocycles. The zero-order valence-electron chi connectivity index (χ0n) is 16.4. The van der Waals surface area contributed by atoms with E-state index in [9.17, 15) is 4.79 Å². The Labute approximate surface area is 183 Å². The van der Waals surface area contributed by atoms with Crippen LogP contribution in [-0.4, -0.2) is 37.7 Å². The Hall–Kier alpha value is -2.77. The summed E-state index contributed by atoms with van der Waals surface area (Å²) in [4.78, 5) is 16.4. The molecule has 2 unspecified atom stereocenters. The number of aromatic nitrogens is 3. The van der Waals surface area contributed by atoms with Crippen molar-refractivity contribution in [2.24, 2.45) is 7.05 Å². The Kier molecular flexibility index (Phi) is 5.23. The smallest absolute Gasteiger partial charge is 0.238 e. The fourth-order valence-electron chi connectivity index (χ4n) is 3.76. The molecule has 2 atom stereocenters. The van der Waals surface area contributed by atoms with Gasteiger partial charge < -0.3 is 9.47 Å². The molecule has 0 radical (unpaired) electrons. The molecule has 0 saturated carbocycles. The lowest BCUT2D eigenvalue weighted by Gasteiger charge is -2.40. The number of hydrogen-bond acceptors (Lipinski definition) is 5. The summed E-state index contributed by atoms with van der Waals surface area (Å²) >= 11 is 3.24. The average molecular weight is 433 g/mol. The molecule has 0 bridgehead atoms. The SMILES string of the molecule is Cn1c(SCC(=O)N2c3ccccc3SC3C=CC=CC32)nnc1-c1ccccc1. The highest BCUT2D eigenvalue weighted by molar-refractivity contribution is 8.00. The van der Waals surface area contributed by atoms with Gasteiger partial charge in [0.1, 0.15) is 0 Å². The van der Waals surface area contributed by atoms with Crippen molar-refractivity contribution in [1.29, 1.82) is 0 Å². The highest BCUT2D eigenvalue weighted by Gasteiger charge is 2.36. The van der Waals surface area contributed by atoms with Crippen LogP contribution in [0, 0.1) is 0 Å². The first-order valence-corrected chi connectivity index (χ1v) is 11.6. The van der Waals surface area contributed by atoms with Gasteiger partial charge >= 0.3 is 0 Å². The molecule has 0 N–H and O–H groups in total. The van der Waals surface area contributed by atoms with E-state index in [1.54, 1.807) is 0 Å². The van der Waals surface area contributed by atoms with E-state index >= 15 is 0 Å². The second-order valence-electron chi connectivity index (χ2n) is 7.09. The van der Waals surface area contributed by atoms with Crippen LogP contribution >= 0.6 is 23.5 Å². The second-order valence-corrected chi connectivity index (χ2v) is 9.26. The molecule has 0 fully saturated rings. The van der Waals surface area contributed by atoms with Crippen LogP contribution in [0.4, 0.5) is 5.69 Å². The molecule has 3 aromatic rings. The number of anilines is 1. The van der Waals surface area contributed by atoms with E-state index in [1.807, 2.05) is 82.9 Å². The summed E-state index contributed by atoms with van der Waals surface area (Å²) in [7, 11) is 1.94. The van der Waals surface area contributed by atoms with Crippen molar-refractivity contribution >= 4 is 35.1 Å². The van der Waals surface area contributed by atoms with Gasteiger partial charge in [-0.2, -0.15) is 0 Å². The van der Waals surface area contributed by atoms with E-state index in [2.05, 4.69) is 34.5 Å². The van der Waals surface area contributed by atoms with E-state index in [1.165, 1.54) is 11.8 Å². The van der Waals surface area contributed by atoms with Crippen LogP contribution in [0.1, 0.15) is 0 Å². The maximum atomic E-state index is 13.4. The Morgan fingerprint density at radius 2 is 1.80 bits per heavy atom. The molecule has 2 aromatic carbocycles. The number of thioether (sulfide) groups is 2.